The number of aromatic amines is 1. The number of aromatic nitrogens is 5. The summed E-state index contributed by atoms with van der Waals surface area (Å²) >= 11 is 1.71. The predicted molar refractivity (Wildman–Crippen MR) is 142 cm³/mol. The number of rotatable bonds is 8. The van der Waals surface area contributed by atoms with E-state index in [2.05, 4.69) is 82.7 Å². The number of aryl methyl sites for hydroxylation is 1. The normalized spacial score (nSPS) is 17.3. The molecule has 1 fully saturated rings. The Morgan fingerprint density at radius 1 is 1.28 bits per heavy atom. The van der Waals surface area contributed by atoms with Crippen molar-refractivity contribution in [3.63, 3.8) is 0 Å². The molecule has 1 aliphatic heterocycles. The fourth-order valence-corrected chi connectivity index (χ4v) is 5.68. The molecule has 190 valence electrons. The Kier molecular flexibility index (Phi) is 7.05. The van der Waals surface area contributed by atoms with E-state index in [1.807, 2.05) is 16.8 Å². The van der Waals surface area contributed by atoms with Crippen molar-refractivity contribution >= 4 is 22.2 Å². The zero-order valence-corrected chi connectivity index (χ0v) is 22.2. The van der Waals surface area contributed by atoms with Crippen LogP contribution in [0.5, 0.6) is 0 Å². The number of ether oxygens (including phenoxy) is 1. The Bertz CT molecular complexity index is 1370. The first-order chi connectivity index (χ1) is 17.3. The predicted octanol–water partition coefficient (Wildman–Crippen LogP) is 4.66. The molecule has 0 amide bonds. The summed E-state index contributed by atoms with van der Waals surface area (Å²) in [5, 5.41) is 16.0. The van der Waals surface area contributed by atoms with E-state index in [0.717, 1.165) is 36.8 Å². The molecule has 3 aromatic heterocycles. The summed E-state index contributed by atoms with van der Waals surface area (Å²) < 4.78 is 7.90. The number of tetrazole rings is 1. The van der Waals surface area contributed by atoms with Crippen LogP contribution in [0.15, 0.2) is 46.6 Å². The molecule has 1 aromatic carbocycles. The lowest BCUT2D eigenvalue weighted by molar-refractivity contribution is 0.0569. The maximum atomic E-state index is 13.6. The number of hydrogen-bond donors (Lipinski definition) is 1. The monoisotopic (exact) mass is 506 g/mol. The second-order valence-electron chi connectivity index (χ2n) is 10.5. The van der Waals surface area contributed by atoms with Crippen molar-refractivity contribution in [3.8, 4) is 0 Å². The maximum Gasteiger partial charge on any atom is 0.253 e. The molecule has 0 radical (unpaired) electrons. The summed E-state index contributed by atoms with van der Waals surface area (Å²) in [6.45, 7) is 10.5. The molecular formula is C27H34N6O2S. The number of pyridine rings is 1. The number of H-pyrrole nitrogens is 1. The molecule has 1 saturated heterocycles. The zero-order chi connectivity index (χ0) is 25.3. The van der Waals surface area contributed by atoms with Crippen LogP contribution in [0.3, 0.4) is 0 Å². The second-order valence-corrected chi connectivity index (χ2v) is 11.5. The van der Waals surface area contributed by atoms with Crippen molar-refractivity contribution in [2.45, 2.75) is 71.2 Å². The van der Waals surface area contributed by atoms with Crippen LogP contribution >= 0.6 is 11.3 Å². The molecule has 0 unspecified atom stereocenters. The third-order valence-corrected chi connectivity index (χ3v) is 7.64. The summed E-state index contributed by atoms with van der Waals surface area (Å²) in [7, 11) is 0. The lowest BCUT2D eigenvalue weighted by Crippen LogP contribution is -2.40. The van der Waals surface area contributed by atoms with Gasteiger partial charge >= 0.3 is 0 Å². The van der Waals surface area contributed by atoms with Crippen LogP contribution in [0.2, 0.25) is 0 Å². The minimum Gasteiger partial charge on any atom is -0.377 e. The van der Waals surface area contributed by atoms with Crippen molar-refractivity contribution in [2.24, 2.45) is 0 Å². The van der Waals surface area contributed by atoms with Gasteiger partial charge in [-0.05, 0) is 91.1 Å². The van der Waals surface area contributed by atoms with E-state index in [-0.39, 0.29) is 17.2 Å². The molecule has 4 heterocycles. The van der Waals surface area contributed by atoms with Gasteiger partial charge in [0.1, 0.15) is 6.04 Å². The standard InChI is InChI=1S/C27H34N6O2S/c1-5-18-10-11-23-19(14-18)15-22(26(34)28-23)24(25-29-30-31-33(25)27(2,3)4)32(16-20-8-6-12-35-20)17-21-9-7-13-36-21/h7,9-11,13-15,20,24H,5-6,8,12,16-17H2,1-4H3,(H,28,34)/t20-,24+/m1/s1. The van der Waals surface area contributed by atoms with Crippen molar-refractivity contribution in [1.29, 1.82) is 0 Å². The number of thiophene rings is 1. The van der Waals surface area contributed by atoms with E-state index in [4.69, 9.17) is 4.74 Å². The highest BCUT2D eigenvalue weighted by Gasteiger charge is 2.35. The van der Waals surface area contributed by atoms with Gasteiger partial charge in [-0.2, -0.15) is 0 Å². The lowest BCUT2D eigenvalue weighted by atomic mass is 10.00. The molecule has 36 heavy (non-hydrogen) atoms. The third-order valence-electron chi connectivity index (χ3n) is 6.78. The van der Waals surface area contributed by atoms with Gasteiger partial charge in [0.2, 0.25) is 0 Å². The SMILES string of the molecule is CCc1ccc2[nH]c(=O)c([C@@H](c3nnnn3C(C)(C)C)N(Cc3cccs3)C[C@H]3CCCO3)cc2c1. The molecule has 0 saturated carbocycles. The summed E-state index contributed by atoms with van der Waals surface area (Å²) in [6, 6.07) is 12.0. The largest absolute Gasteiger partial charge is 0.377 e. The highest BCUT2D eigenvalue weighted by Crippen LogP contribution is 2.32. The van der Waals surface area contributed by atoms with Gasteiger partial charge < -0.3 is 9.72 Å². The van der Waals surface area contributed by atoms with Crippen molar-refractivity contribution in [1.82, 2.24) is 30.1 Å². The smallest absolute Gasteiger partial charge is 0.253 e. The summed E-state index contributed by atoms with van der Waals surface area (Å²) in [4.78, 5) is 20.3. The molecule has 4 aromatic rings. The quantitative estimate of drug-likeness (QED) is 0.374. The van der Waals surface area contributed by atoms with Crippen molar-refractivity contribution in [3.05, 3.63) is 74.0 Å². The number of fused-ring (bicyclic) bond motifs is 1. The molecule has 1 N–H and O–H groups in total. The van der Waals surface area contributed by atoms with Gasteiger partial charge in [0.05, 0.1) is 11.6 Å². The minimum atomic E-state index is -0.441. The molecule has 5 rings (SSSR count). The zero-order valence-electron chi connectivity index (χ0n) is 21.4. The van der Waals surface area contributed by atoms with Gasteiger partial charge in [-0.1, -0.05) is 19.1 Å². The van der Waals surface area contributed by atoms with Crippen LogP contribution in [0, 0.1) is 0 Å². The highest BCUT2D eigenvalue weighted by atomic mass is 32.1. The molecule has 0 bridgehead atoms. The minimum absolute atomic E-state index is 0.109. The topological polar surface area (TPSA) is 88.9 Å². The van der Waals surface area contributed by atoms with Gasteiger partial charge in [0.15, 0.2) is 5.82 Å². The third kappa shape index (κ3) is 5.14. The van der Waals surface area contributed by atoms with E-state index in [9.17, 15) is 4.79 Å². The van der Waals surface area contributed by atoms with Crippen LogP contribution in [0.1, 0.15) is 68.4 Å². The first kappa shape index (κ1) is 24.8. The van der Waals surface area contributed by atoms with Crippen LogP contribution in [0.4, 0.5) is 0 Å². The first-order valence-electron chi connectivity index (χ1n) is 12.7. The fourth-order valence-electron chi connectivity index (χ4n) is 4.95. The molecular weight excluding hydrogens is 472 g/mol. The van der Waals surface area contributed by atoms with Gasteiger partial charge in [-0.15, -0.1) is 16.4 Å². The highest BCUT2D eigenvalue weighted by molar-refractivity contribution is 7.09. The van der Waals surface area contributed by atoms with E-state index in [1.165, 1.54) is 10.4 Å². The Morgan fingerprint density at radius 2 is 2.14 bits per heavy atom. The van der Waals surface area contributed by atoms with Gasteiger partial charge in [0.25, 0.3) is 5.56 Å². The molecule has 1 aliphatic rings. The van der Waals surface area contributed by atoms with E-state index in [1.54, 1.807) is 11.3 Å². The number of hydrogen-bond acceptors (Lipinski definition) is 7. The van der Waals surface area contributed by atoms with Crippen molar-refractivity contribution < 1.29 is 4.74 Å². The molecule has 2 atom stereocenters. The lowest BCUT2D eigenvalue weighted by Gasteiger charge is -2.34. The fraction of sp³-hybridized carbons (Fsp3) is 0.481. The molecule has 8 nitrogen and oxygen atoms in total. The van der Waals surface area contributed by atoms with Gasteiger partial charge in [0, 0.05) is 35.7 Å². The Morgan fingerprint density at radius 3 is 2.83 bits per heavy atom. The molecule has 0 aliphatic carbocycles. The summed E-state index contributed by atoms with van der Waals surface area (Å²) in [5.74, 6) is 0.661. The number of benzene rings is 1. The number of nitrogens with one attached hydrogen (secondary N) is 1. The van der Waals surface area contributed by atoms with Crippen LogP contribution in [-0.2, 0) is 23.2 Å². The van der Waals surface area contributed by atoms with Crippen molar-refractivity contribution in [2.75, 3.05) is 13.2 Å². The molecule has 0 spiro atoms. The van der Waals surface area contributed by atoms with E-state index >= 15 is 0 Å². The Hall–Kier alpha value is -2.88. The van der Waals surface area contributed by atoms with E-state index in [0.29, 0.717) is 24.5 Å². The van der Waals surface area contributed by atoms with Gasteiger partial charge in [-0.3, -0.25) is 9.69 Å². The Labute approximate surface area is 215 Å². The summed E-state index contributed by atoms with van der Waals surface area (Å²) in [5.41, 5.74) is 2.23. The average molecular weight is 507 g/mol. The Balaban J connectivity index is 1.69. The average Bonchev–Trinajstić information content (AvgIpc) is 3.62. The second kappa shape index (κ2) is 10.2. The number of nitrogens with zero attached hydrogens (tertiary/aromatic N) is 5. The summed E-state index contributed by atoms with van der Waals surface area (Å²) in [6.07, 6.45) is 3.10. The van der Waals surface area contributed by atoms with Crippen LogP contribution in [0.25, 0.3) is 10.9 Å². The maximum absolute atomic E-state index is 13.6. The first-order valence-corrected chi connectivity index (χ1v) is 13.5. The van der Waals surface area contributed by atoms with Gasteiger partial charge in [-0.25, -0.2) is 4.68 Å². The van der Waals surface area contributed by atoms with Crippen LogP contribution in [-0.4, -0.2) is 49.3 Å². The van der Waals surface area contributed by atoms with Crippen LogP contribution < -0.4 is 5.56 Å². The van der Waals surface area contributed by atoms with E-state index < -0.39 is 6.04 Å². The molecule has 9 heteroatoms.